The van der Waals surface area contributed by atoms with Crippen molar-refractivity contribution in [3.8, 4) is 0 Å². The number of carbonyl (C=O) groups is 1. The van der Waals surface area contributed by atoms with Gasteiger partial charge in [0.1, 0.15) is 0 Å². The molecule has 1 aliphatic carbocycles. The number of rotatable bonds is 4. The molecule has 4 heteroatoms. The second-order valence-electron chi connectivity index (χ2n) is 5.54. The summed E-state index contributed by atoms with van der Waals surface area (Å²) >= 11 is 0. The van der Waals surface area contributed by atoms with Crippen LogP contribution in [0.25, 0.3) is 0 Å². The van der Waals surface area contributed by atoms with E-state index in [2.05, 4.69) is 10.3 Å². The van der Waals surface area contributed by atoms with Gasteiger partial charge >= 0.3 is 0 Å². The number of nitrogens with zero attached hydrogens (tertiary/aromatic N) is 1. The third-order valence-corrected chi connectivity index (χ3v) is 4.11. The summed E-state index contributed by atoms with van der Waals surface area (Å²) in [4.78, 5) is 16.6. The molecule has 1 amide bonds. The molecule has 0 unspecified atom stereocenters. The average molecular weight is 261 g/mol. The number of aryl methyl sites for hydroxylation is 1. The molecule has 0 aromatic carbocycles. The summed E-state index contributed by atoms with van der Waals surface area (Å²) in [5.41, 5.74) is 7.53. The lowest BCUT2D eigenvalue weighted by Crippen LogP contribution is -2.46. The standard InChI is InChI=1S/C15H23N3O/c1-12-5-6-13(9-17-12)10-18-14(19)15(11-16)7-3-2-4-8-15/h5-6,9H,2-4,7-8,10-11,16H2,1H3,(H,18,19). The molecule has 0 radical (unpaired) electrons. The number of aromatic nitrogens is 1. The van der Waals surface area contributed by atoms with Crippen LogP contribution >= 0.6 is 0 Å². The molecule has 2 rings (SSSR count). The molecule has 0 aliphatic heterocycles. The zero-order valence-corrected chi connectivity index (χ0v) is 11.6. The van der Waals surface area contributed by atoms with Gasteiger partial charge < -0.3 is 11.1 Å². The van der Waals surface area contributed by atoms with Crippen molar-refractivity contribution < 1.29 is 4.79 Å². The van der Waals surface area contributed by atoms with Gasteiger partial charge in [-0.05, 0) is 31.4 Å². The van der Waals surface area contributed by atoms with E-state index in [1.54, 1.807) is 0 Å². The van der Waals surface area contributed by atoms with E-state index in [0.29, 0.717) is 13.1 Å². The fourth-order valence-electron chi connectivity index (χ4n) is 2.73. The van der Waals surface area contributed by atoms with Crippen molar-refractivity contribution in [1.82, 2.24) is 10.3 Å². The molecular weight excluding hydrogens is 238 g/mol. The maximum absolute atomic E-state index is 12.4. The number of hydrogen-bond donors (Lipinski definition) is 2. The van der Waals surface area contributed by atoms with E-state index in [0.717, 1.165) is 36.9 Å². The van der Waals surface area contributed by atoms with E-state index in [4.69, 9.17) is 5.73 Å². The molecule has 3 N–H and O–H groups in total. The van der Waals surface area contributed by atoms with Gasteiger partial charge in [-0.25, -0.2) is 0 Å². The minimum Gasteiger partial charge on any atom is -0.351 e. The lowest BCUT2D eigenvalue weighted by molar-refractivity contribution is -0.132. The van der Waals surface area contributed by atoms with Gasteiger partial charge in [-0.15, -0.1) is 0 Å². The van der Waals surface area contributed by atoms with Crippen LogP contribution in [0.2, 0.25) is 0 Å². The lowest BCUT2D eigenvalue weighted by Gasteiger charge is -2.34. The Hall–Kier alpha value is -1.42. The van der Waals surface area contributed by atoms with Crippen molar-refractivity contribution in [3.05, 3.63) is 29.6 Å². The summed E-state index contributed by atoms with van der Waals surface area (Å²) in [5.74, 6) is 0.107. The molecule has 1 aromatic heterocycles. The predicted molar refractivity (Wildman–Crippen MR) is 75.4 cm³/mol. The maximum Gasteiger partial charge on any atom is 0.227 e. The van der Waals surface area contributed by atoms with Gasteiger partial charge in [0.05, 0.1) is 5.41 Å². The second-order valence-corrected chi connectivity index (χ2v) is 5.54. The highest BCUT2D eigenvalue weighted by Crippen LogP contribution is 2.35. The molecular formula is C15H23N3O. The minimum absolute atomic E-state index is 0.107. The summed E-state index contributed by atoms with van der Waals surface area (Å²) in [7, 11) is 0. The van der Waals surface area contributed by atoms with Crippen molar-refractivity contribution in [2.75, 3.05) is 6.54 Å². The molecule has 1 aromatic rings. The molecule has 0 saturated heterocycles. The highest BCUT2D eigenvalue weighted by Gasteiger charge is 2.37. The number of nitrogens with one attached hydrogen (secondary N) is 1. The molecule has 4 nitrogen and oxygen atoms in total. The van der Waals surface area contributed by atoms with Crippen LogP contribution in [-0.4, -0.2) is 17.4 Å². The highest BCUT2D eigenvalue weighted by molar-refractivity contribution is 5.83. The Morgan fingerprint density at radius 2 is 2.11 bits per heavy atom. The molecule has 1 aliphatic rings. The van der Waals surface area contributed by atoms with Crippen molar-refractivity contribution >= 4 is 5.91 Å². The smallest absolute Gasteiger partial charge is 0.227 e. The average Bonchev–Trinajstić information content (AvgIpc) is 2.47. The first kappa shape index (κ1) is 14.0. The third-order valence-electron chi connectivity index (χ3n) is 4.11. The fraction of sp³-hybridized carbons (Fsp3) is 0.600. The van der Waals surface area contributed by atoms with Crippen LogP contribution in [0.4, 0.5) is 0 Å². The SMILES string of the molecule is Cc1ccc(CNC(=O)C2(CN)CCCCC2)cn1. The fourth-order valence-corrected chi connectivity index (χ4v) is 2.73. The minimum atomic E-state index is -0.337. The largest absolute Gasteiger partial charge is 0.351 e. The van der Waals surface area contributed by atoms with Crippen LogP contribution in [0.15, 0.2) is 18.3 Å². The maximum atomic E-state index is 12.4. The van der Waals surface area contributed by atoms with Gasteiger partial charge in [0.2, 0.25) is 5.91 Å². The molecule has 0 spiro atoms. The van der Waals surface area contributed by atoms with E-state index < -0.39 is 0 Å². The zero-order chi connectivity index (χ0) is 13.7. The van der Waals surface area contributed by atoms with Crippen LogP contribution in [0.1, 0.15) is 43.4 Å². The molecule has 19 heavy (non-hydrogen) atoms. The first-order valence-electron chi connectivity index (χ1n) is 7.06. The molecule has 1 saturated carbocycles. The highest BCUT2D eigenvalue weighted by atomic mass is 16.2. The van der Waals surface area contributed by atoms with Crippen molar-refractivity contribution in [1.29, 1.82) is 0 Å². The van der Waals surface area contributed by atoms with Gasteiger partial charge in [0, 0.05) is 25.0 Å². The third kappa shape index (κ3) is 3.32. The number of carbonyl (C=O) groups excluding carboxylic acids is 1. The summed E-state index contributed by atoms with van der Waals surface area (Å²) in [5, 5.41) is 3.02. The quantitative estimate of drug-likeness (QED) is 0.870. The van der Waals surface area contributed by atoms with Gasteiger partial charge in [-0.3, -0.25) is 9.78 Å². The Labute approximate surface area is 114 Å². The normalized spacial score (nSPS) is 18.0. The van der Waals surface area contributed by atoms with Gasteiger partial charge in [0.25, 0.3) is 0 Å². The van der Waals surface area contributed by atoms with Crippen LogP contribution < -0.4 is 11.1 Å². The zero-order valence-electron chi connectivity index (χ0n) is 11.6. The number of pyridine rings is 1. The number of nitrogens with two attached hydrogens (primary N) is 1. The summed E-state index contributed by atoms with van der Waals surface area (Å²) < 4.78 is 0. The first-order valence-corrected chi connectivity index (χ1v) is 7.06. The van der Waals surface area contributed by atoms with Crippen molar-refractivity contribution in [3.63, 3.8) is 0 Å². The van der Waals surface area contributed by atoms with E-state index in [-0.39, 0.29) is 11.3 Å². The molecule has 1 heterocycles. The Morgan fingerprint density at radius 3 is 2.68 bits per heavy atom. The molecule has 0 bridgehead atoms. The van der Waals surface area contributed by atoms with Crippen LogP contribution in [0.3, 0.4) is 0 Å². The topological polar surface area (TPSA) is 68.0 Å². The Bertz CT molecular complexity index is 422. The molecule has 0 atom stereocenters. The monoisotopic (exact) mass is 261 g/mol. The predicted octanol–water partition coefficient (Wildman–Crippen LogP) is 1.92. The summed E-state index contributed by atoms with van der Waals surface area (Å²) in [6.07, 6.45) is 7.08. The van der Waals surface area contributed by atoms with Crippen LogP contribution in [0, 0.1) is 12.3 Å². The molecule has 104 valence electrons. The van der Waals surface area contributed by atoms with Gasteiger partial charge in [-0.1, -0.05) is 25.3 Å². The number of hydrogen-bond acceptors (Lipinski definition) is 3. The first-order chi connectivity index (χ1) is 9.16. The van der Waals surface area contributed by atoms with E-state index >= 15 is 0 Å². The van der Waals surface area contributed by atoms with Gasteiger partial charge in [0.15, 0.2) is 0 Å². The van der Waals surface area contributed by atoms with Crippen molar-refractivity contribution in [2.24, 2.45) is 11.1 Å². The Balaban J connectivity index is 1.94. The van der Waals surface area contributed by atoms with Crippen LogP contribution in [0.5, 0.6) is 0 Å². The second kappa shape index (κ2) is 6.15. The van der Waals surface area contributed by atoms with Crippen molar-refractivity contribution in [2.45, 2.75) is 45.6 Å². The van der Waals surface area contributed by atoms with Crippen LogP contribution in [-0.2, 0) is 11.3 Å². The Morgan fingerprint density at radius 1 is 1.37 bits per heavy atom. The summed E-state index contributed by atoms with van der Waals surface area (Å²) in [6.45, 7) is 2.94. The Kier molecular flexibility index (Phi) is 4.53. The summed E-state index contributed by atoms with van der Waals surface area (Å²) in [6, 6.07) is 3.96. The molecule has 1 fully saturated rings. The van der Waals surface area contributed by atoms with E-state index in [9.17, 15) is 4.79 Å². The van der Waals surface area contributed by atoms with Gasteiger partial charge in [-0.2, -0.15) is 0 Å². The number of amides is 1. The lowest BCUT2D eigenvalue weighted by atomic mass is 9.73. The van der Waals surface area contributed by atoms with E-state index in [1.165, 1.54) is 6.42 Å². The van der Waals surface area contributed by atoms with E-state index in [1.807, 2.05) is 25.3 Å².